The summed E-state index contributed by atoms with van der Waals surface area (Å²) >= 11 is 1.66. The van der Waals surface area contributed by atoms with Crippen molar-refractivity contribution in [2.24, 2.45) is 0 Å². The van der Waals surface area contributed by atoms with E-state index >= 15 is 0 Å². The van der Waals surface area contributed by atoms with Gasteiger partial charge in [0, 0.05) is 6.54 Å². The van der Waals surface area contributed by atoms with Gasteiger partial charge < -0.3 is 10.1 Å². The van der Waals surface area contributed by atoms with Gasteiger partial charge in [0.2, 0.25) is 5.91 Å². The number of rotatable bonds is 9. The molecule has 1 aromatic rings. The lowest BCUT2D eigenvalue weighted by molar-refractivity contribution is -0.118. The van der Waals surface area contributed by atoms with E-state index in [1.54, 1.807) is 11.8 Å². The Bertz CT molecular complexity index is 421. The molecule has 112 valence electrons. The summed E-state index contributed by atoms with van der Waals surface area (Å²) in [5.41, 5.74) is 2.54. The molecule has 1 amide bonds. The average Bonchev–Trinajstić information content (AvgIpc) is 2.44. The summed E-state index contributed by atoms with van der Waals surface area (Å²) in [6.07, 6.45) is 1.94. The largest absolute Gasteiger partial charge is 0.494 e. The van der Waals surface area contributed by atoms with Crippen LogP contribution in [0, 0.1) is 13.8 Å². The molecule has 4 heteroatoms. The number of thioether (sulfide) groups is 1. The van der Waals surface area contributed by atoms with Crippen molar-refractivity contribution in [1.82, 2.24) is 5.32 Å². The van der Waals surface area contributed by atoms with Crippen molar-refractivity contribution < 1.29 is 9.53 Å². The van der Waals surface area contributed by atoms with E-state index < -0.39 is 0 Å². The molecule has 0 aromatic heterocycles. The fourth-order valence-electron chi connectivity index (χ4n) is 1.64. The highest BCUT2D eigenvalue weighted by Crippen LogP contribution is 2.16. The number of ether oxygens (including phenoxy) is 1. The maximum absolute atomic E-state index is 11.4. The molecule has 0 bridgehead atoms. The highest BCUT2D eigenvalue weighted by Gasteiger charge is 2.00. The average molecular weight is 295 g/mol. The first kappa shape index (κ1) is 16.9. The molecule has 0 atom stereocenters. The highest BCUT2D eigenvalue weighted by molar-refractivity contribution is 7.99. The third kappa shape index (κ3) is 6.85. The summed E-state index contributed by atoms with van der Waals surface area (Å²) in [5.74, 6) is 2.55. The first-order valence-electron chi connectivity index (χ1n) is 7.18. The lowest BCUT2D eigenvalue weighted by Gasteiger charge is -2.08. The molecular formula is C16H25NO2S. The first-order chi connectivity index (χ1) is 9.63. The Morgan fingerprint density at radius 1 is 1.30 bits per heavy atom. The van der Waals surface area contributed by atoms with Crippen LogP contribution in [0.4, 0.5) is 0 Å². The molecule has 1 rings (SSSR count). The van der Waals surface area contributed by atoms with E-state index in [-0.39, 0.29) is 5.91 Å². The molecule has 0 aliphatic heterocycles. The second-order valence-corrected chi connectivity index (χ2v) is 5.96. The van der Waals surface area contributed by atoms with Crippen molar-refractivity contribution in [3.05, 3.63) is 29.3 Å². The molecule has 0 unspecified atom stereocenters. The van der Waals surface area contributed by atoms with Crippen molar-refractivity contribution in [1.29, 1.82) is 0 Å². The minimum atomic E-state index is 0.131. The van der Waals surface area contributed by atoms with Crippen LogP contribution in [0.3, 0.4) is 0 Å². The van der Waals surface area contributed by atoms with Crippen LogP contribution < -0.4 is 10.1 Å². The van der Waals surface area contributed by atoms with Gasteiger partial charge in [-0.2, -0.15) is 11.8 Å². The molecule has 0 aliphatic rings. The number of carbonyl (C=O) groups excluding carboxylic acids is 1. The van der Waals surface area contributed by atoms with E-state index in [0.29, 0.717) is 12.4 Å². The predicted molar refractivity (Wildman–Crippen MR) is 86.7 cm³/mol. The van der Waals surface area contributed by atoms with Crippen LogP contribution in [0.25, 0.3) is 0 Å². The zero-order chi connectivity index (χ0) is 14.8. The van der Waals surface area contributed by atoms with Gasteiger partial charge in [-0.3, -0.25) is 4.79 Å². The summed E-state index contributed by atoms with van der Waals surface area (Å²) in [4.78, 5) is 11.4. The van der Waals surface area contributed by atoms with Gasteiger partial charge in [0.15, 0.2) is 0 Å². The van der Waals surface area contributed by atoms with Crippen LogP contribution in [0.2, 0.25) is 0 Å². The van der Waals surface area contributed by atoms with Gasteiger partial charge in [-0.05, 0) is 55.7 Å². The van der Waals surface area contributed by atoms with E-state index in [2.05, 4.69) is 38.2 Å². The fraction of sp³-hybridized carbons (Fsp3) is 0.562. The second-order valence-electron chi connectivity index (χ2n) is 4.85. The van der Waals surface area contributed by atoms with Crippen LogP contribution in [0.1, 0.15) is 30.9 Å². The van der Waals surface area contributed by atoms with Gasteiger partial charge in [0.05, 0.1) is 12.4 Å². The minimum absolute atomic E-state index is 0.131. The Hall–Kier alpha value is -1.16. The molecule has 0 saturated carbocycles. The van der Waals surface area contributed by atoms with E-state index in [1.165, 1.54) is 11.1 Å². The van der Waals surface area contributed by atoms with Crippen LogP contribution in [-0.4, -0.2) is 30.6 Å². The highest BCUT2D eigenvalue weighted by atomic mass is 32.2. The van der Waals surface area contributed by atoms with Gasteiger partial charge in [-0.1, -0.05) is 13.0 Å². The molecular weight excluding hydrogens is 270 g/mol. The smallest absolute Gasteiger partial charge is 0.229 e. The van der Waals surface area contributed by atoms with E-state index in [9.17, 15) is 4.79 Å². The number of carbonyl (C=O) groups is 1. The standard InChI is InChI=1S/C16H25NO2S/c1-4-8-17-16(18)12-20-10-5-9-19-15-7-6-13(2)14(3)11-15/h6-7,11H,4-5,8-10,12H2,1-3H3,(H,17,18). The lowest BCUT2D eigenvalue weighted by atomic mass is 10.1. The number of amides is 1. The van der Waals surface area contributed by atoms with Crippen molar-refractivity contribution in [2.45, 2.75) is 33.6 Å². The molecule has 20 heavy (non-hydrogen) atoms. The molecule has 0 radical (unpaired) electrons. The SMILES string of the molecule is CCCNC(=O)CSCCCOc1ccc(C)c(C)c1. The van der Waals surface area contributed by atoms with Crippen molar-refractivity contribution in [3.8, 4) is 5.75 Å². The normalized spacial score (nSPS) is 10.3. The summed E-state index contributed by atoms with van der Waals surface area (Å²) in [5, 5.41) is 2.87. The Balaban J connectivity index is 2.07. The number of hydrogen-bond acceptors (Lipinski definition) is 3. The maximum atomic E-state index is 11.4. The van der Waals surface area contributed by atoms with Crippen molar-refractivity contribution in [2.75, 3.05) is 24.7 Å². The van der Waals surface area contributed by atoms with Gasteiger partial charge in [0.25, 0.3) is 0 Å². The molecule has 0 fully saturated rings. The van der Waals surface area contributed by atoms with Gasteiger partial charge >= 0.3 is 0 Å². The molecule has 1 aromatic carbocycles. The molecule has 0 saturated heterocycles. The number of nitrogens with one attached hydrogen (secondary N) is 1. The molecule has 1 N–H and O–H groups in total. The summed E-state index contributed by atoms with van der Waals surface area (Å²) in [7, 11) is 0. The van der Waals surface area contributed by atoms with E-state index in [1.807, 2.05) is 6.07 Å². The third-order valence-electron chi connectivity index (χ3n) is 2.99. The zero-order valence-electron chi connectivity index (χ0n) is 12.7. The third-order valence-corrected chi connectivity index (χ3v) is 4.03. The van der Waals surface area contributed by atoms with Crippen molar-refractivity contribution >= 4 is 17.7 Å². The number of benzene rings is 1. The Labute approximate surface area is 126 Å². The number of hydrogen-bond donors (Lipinski definition) is 1. The van der Waals surface area contributed by atoms with Crippen LogP contribution >= 0.6 is 11.8 Å². The van der Waals surface area contributed by atoms with Gasteiger partial charge in [-0.25, -0.2) is 0 Å². The zero-order valence-corrected chi connectivity index (χ0v) is 13.5. The van der Waals surface area contributed by atoms with E-state index in [4.69, 9.17) is 4.74 Å². The monoisotopic (exact) mass is 295 g/mol. The molecule has 0 aliphatic carbocycles. The minimum Gasteiger partial charge on any atom is -0.494 e. The van der Waals surface area contributed by atoms with Crippen LogP contribution in [0.5, 0.6) is 5.75 Å². The quantitative estimate of drug-likeness (QED) is 0.710. The van der Waals surface area contributed by atoms with Crippen LogP contribution in [-0.2, 0) is 4.79 Å². The molecule has 0 spiro atoms. The first-order valence-corrected chi connectivity index (χ1v) is 8.33. The van der Waals surface area contributed by atoms with E-state index in [0.717, 1.165) is 30.9 Å². The number of aryl methyl sites for hydroxylation is 2. The molecule has 0 heterocycles. The van der Waals surface area contributed by atoms with Gasteiger partial charge in [-0.15, -0.1) is 0 Å². The summed E-state index contributed by atoms with van der Waals surface area (Å²) in [6.45, 7) is 7.71. The summed E-state index contributed by atoms with van der Waals surface area (Å²) < 4.78 is 5.70. The predicted octanol–water partition coefficient (Wildman–Crippen LogP) is 3.33. The van der Waals surface area contributed by atoms with Crippen LogP contribution in [0.15, 0.2) is 18.2 Å². The Morgan fingerprint density at radius 2 is 2.10 bits per heavy atom. The maximum Gasteiger partial charge on any atom is 0.229 e. The molecule has 3 nitrogen and oxygen atoms in total. The Kier molecular flexibility index (Phi) is 8.19. The van der Waals surface area contributed by atoms with Crippen molar-refractivity contribution in [3.63, 3.8) is 0 Å². The topological polar surface area (TPSA) is 38.3 Å². The Morgan fingerprint density at radius 3 is 2.80 bits per heavy atom. The second kappa shape index (κ2) is 9.70. The fourth-order valence-corrected chi connectivity index (χ4v) is 2.39. The summed E-state index contributed by atoms with van der Waals surface area (Å²) in [6, 6.07) is 6.16. The lowest BCUT2D eigenvalue weighted by Crippen LogP contribution is -2.25. The van der Waals surface area contributed by atoms with Gasteiger partial charge in [0.1, 0.15) is 5.75 Å².